The molecule has 3 atom stereocenters. The van der Waals surface area contributed by atoms with Gasteiger partial charge in [-0.1, -0.05) is 20.8 Å². The lowest BCUT2D eigenvalue weighted by atomic mass is 10.1. The van der Waals surface area contributed by atoms with Crippen molar-refractivity contribution in [2.24, 2.45) is 17.2 Å². The number of aliphatic carboxylic acids is 3. The summed E-state index contributed by atoms with van der Waals surface area (Å²) >= 11 is 9.53. The summed E-state index contributed by atoms with van der Waals surface area (Å²) < 4.78 is -1.20. The van der Waals surface area contributed by atoms with Gasteiger partial charge in [0.05, 0.1) is 0 Å². The van der Waals surface area contributed by atoms with E-state index in [9.17, 15) is 14.4 Å². The Labute approximate surface area is 188 Å². The van der Waals surface area contributed by atoms with E-state index in [-0.39, 0.29) is 4.75 Å². The van der Waals surface area contributed by atoms with Gasteiger partial charge in [0, 0.05) is 20.0 Å². The first-order chi connectivity index (χ1) is 12.5. The smallest absolute Gasteiger partial charge is 0.321 e. The number of carboxylic acid groups (broad SMARTS) is 3. The fourth-order valence-corrected chi connectivity index (χ4v) is 2.06. The zero-order valence-corrected chi connectivity index (χ0v) is 20.6. The molecule has 29 heavy (non-hydrogen) atoms. The van der Waals surface area contributed by atoms with E-state index in [1.165, 1.54) is 0 Å². The van der Waals surface area contributed by atoms with E-state index in [4.69, 9.17) is 32.5 Å². The van der Waals surface area contributed by atoms with E-state index in [1.54, 1.807) is 39.5 Å². The molecular weight excluding hydrogens is 438 g/mol. The molecule has 0 heterocycles. The zero-order chi connectivity index (χ0) is 24.4. The van der Waals surface area contributed by atoms with Crippen LogP contribution >= 0.6 is 37.0 Å². The molecule has 174 valence electrons. The van der Waals surface area contributed by atoms with E-state index < -0.39 is 45.5 Å². The maximum atomic E-state index is 10.3. The maximum absolute atomic E-state index is 10.3. The second kappa shape index (κ2) is 13.6. The third kappa shape index (κ3) is 20.4. The lowest BCUT2D eigenvalue weighted by Crippen LogP contribution is -2.45. The minimum atomic E-state index is -1.02. The van der Waals surface area contributed by atoms with Crippen LogP contribution in [0.4, 0.5) is 0 Å². The Bertz CT molecular complexity index is 498. The summed E-state index contributed by atoms with van der Waals surface area (Å²) in [7, 11) is 0. The Morgan fingerprint density at radius 2 is 1.03 bits per heavy atom. The quantitative estimate of drug-likeness (QED) is 0.248. The lowest BCUT2D eigenvalue weighted by Gasteiger charge is -2.21. The van der Waals surface area contributed by atoms with Crippen LogP contribution in [0.15, 0.2) is 0 Å². The van der Waals surface area contributed by atoms with Crippen LogP contribution in [-0.2, 0) is 14.4 Å². The summed E-state index contributed by atoms with van der Waals surface area (Å²) in [6.45, 7) is 12.7. The Morgan fingerprint density at radius 1 is 0.759 bits per heavy atom. The fourth-order valence-electron chi connectivity index (χ4n) is 1.02. The highest BCUT2D eigenvalue weighted by Gasteiger charge is 2.28. The number of carbonyl (C=O) groups is 3. The average molecular weight is 476 g/mol. The van der Waals surface area contributed by atoms with Gasteiger partial charge in [-0.3, -0.25) is 14.4 Å². The first-order valence-electron chi connectivity index (χ1n) is 8.57. The molecule has 0 saturated heterocycles. The van der Waals surface area contributed by atoms with Crippen LogP contribution in [0, 0.1) is 0 Å². The number of rotatable bonds is 7. The van der Waals surface area contributed by atoms with E-state index in [2.05, 4.69) is 25.3 Å². The molecule has 0 aliphatic heterocycles. The summed E-state index contributed by atoms with van der Waals surface area (Å²) in [6, 6.07) is -2.54. The summed E-state index contributed by atoms with van der Waals surface area (Å²) in [4.78, 5) is 30.6. The van der Waals surface area contributed by atoms with Crippen molar-refractivity contribution in [1.29, 1.82) is 0 Å². The fraction of sp³-hybridized carbons (Fsp3) is 0.824. The van der Waals surface area contributed by atoms with Gasteiger partial charge < -0.3 is 32.5 Å². The van der Waals surface area contributed by atoms with Crippen LogP contribution in [0.5, 0.6) is 0 Å². The number of hydrogen-bond acceptors (Lipinski definition) is 9. The highest BCUT2D eigenvalue weighted by Crippen LogP contribution is 2.23. The van der Waals surface area contributed by atoms with Gasteiger partial charge in [-0.2, -0.15) is 37.0 Å². The van der Waals surface area contributed by atoms with Crippen molar-refractivity contribution < 1.29 is 29.7 Å². The lowest BCUT2D eigenvalue weighted by molar-refractivity contribution is -0.140. The van der Waals surface area contributed by atoms with Crippen molar-refractivity contribution in [1.82, 2.24) is 0 Å². The second-order valence-electron chi connectivity index (χ2n) is 8.31. The predicted octanol–water partition coefficient (Wildman–Crippen LogP) is 1.14. The van der Waals surface area contributed by atoms with Gasteiger partial charge in [-0.05, 0) is 27.7 Å². The average Bonchev–Trinajstić information content (AvgIpc) is 2.49. The van der Waals surface area contributed by atoms with Crippen LogP contribution in [0.25, 0.3) is 0 Å². The van der Waals surface area contributed by atoms with Gasteiger partial charge >= 0.3 is 17.9 Å². The van der Waals surface area contributed by atoms with Crippen molar-refractivity contribution in [3.05, 3.63) is 0 Å². The Morgan fingerprint density at radius 3 is 1.14 bits per heavy atom. The SMILES string of the molecule is CC(C)(C)SC[C@H](N)C(=O)O.CC(C)(S)[C@@H](N)C(=O)O.CC(C)(S)[C@H](N)C(=O)O. The molecule has 12 heteroatoms. The van der Waals surface area contributed by atoms with Crippen molar-refractivity contribution in [3.63, 3.8) is 0 Å². The van der Waals surface area contributed by atoms with Crippen molar-refractivity contribution >= 4 is 54.9 Å². The number of thiol groups is 2. The first kappa shape index (κ1) is 33.0. The van der Waals surface area contributed by atoms with Crippen LogP contribution in [0.3, 0.4) is 0 Å². The third-order valence-corrected chi connectivity index (χ3v) is 5.02. The molecule has 0 aromatic carbocycles. The molecule has 0 amide bonds. The van der Waals surface area contributed by atoms with Gasteiger partial charge in [0.25, 0.3) is 0 Å². The normalized spacial score (nSPS) is 14.9. The van der Waals surface area contributed by atoms with Gasteiger partial charge in [0.2, 0.25) is 0 Å². The van der Waals surface area contributed by atoms with Crippen LogP contribution in [0.1, 0.15) is 48.5 Å². The molecule has 0 aromatic rings. The number of nitrogens with two attached hydrogens (primary N) is 3. The number of thioether (sulfide) groups is 1. The summed E-state index contributed by atoms with van der Waals surface area (Å²) in [6.07, 6.45) is 0. The molecule has 0 rings (SSSR count). The predicted molar refractivity (Wildman–Crippen MR) is 125 cm³/mol. The monoisotopic (exact) mass is 475 g/mol. The Balaban J connectivity index is -0.000000352. The van der Waals surface area contributed by atoms with Gasteiger partial charge in [-0.25, -0.2) is 0 Å². The molecule has 9 N–H and O–H groups in total. The summed E-state index contributed by atoms with van der Waals surface area (Å²) in [5, 5.41) is 25.1. The molecule has 9 nitrogen and oxygen atoms in total. The van der Waals surface area contributed by atoms with Gasteiger partial charge in [0.1, 0.15) is 18.1 Å². The Hall–Kier alpha value is -0.660. The highest BCUT2D eigenvalue weighted by molar-refractivity contribution is 8.00. The van der Waals surface area contributed by atoms with Gasteiger partial charge in [-0.15, -0.1) is 0 Å². The Kier molecular flexibility index (Phi) is 15.5. The molecule has 0 saturated carbocycles. The van der Waals surface area contributed by atoms with Crippen molar-refractivity contribution in [3.8, 4) is 0 Å². The largest absolute Gasteiger partial charge is 0.480 e. The van der Waals surface area contributed by atoms with Gasteiger partial charge in [0.15, 0.2) is 0 Å². The van der Waals surface area contributed by atoms with Crippen LogP contribution in [-0.4, -0.2) is 71.3 Å². The van der Waals surface area contributed by atoms with E-state index >= 15 is 0 Å². The molecule has 0 fully saturated rings. The molecular formula is C17H37N3O6S3. The van der Waals surface area contributed by atoms with E-state index in [0.29, 0.717) is 5.75 Å². The maximum Gasteiger partial charge on any atom is 0.321 e. The molecule has 0 radical (unpaired) electrons. The molecule has 0 aromatic heterocycles. The zero-order valence-electron chi connectivity index (χ0n) is 18.0. The minimum absolute atomic E-state index is 0.0903. The second-order valence-corrected chi connectivity index (χ2v) is 12.5. The van der Waals surface area contributed by atoms with Crippen molar-refractivity contribution in [2.75, 3.05) is 5.75 Å². The highest BCUT2D eigenvalue weighted by atomic mass is 32.2. The standard InChI is InChI=1S/C7H15NO2S.2C5H11NO2S/c1-7(2,3)11-4-5(8)6(9)10;2*1-5(2,9)3(6)4(7)8/h5H,4,8H2,1-3H3,(H,9,10);2*3,9H,6H2,1-2H3,(H,7,8)/t5-;2*3-/m010/s1. The summed E-state index contributed by atoms with van der Waals surface area (Å²) in [5.41, 5.74) is 15.7. The molecule has 0 spiro atoms. The van der Waals surface area contributed by atoms with Crippen LogP contribution < -0.4 is 17.2 Å². The molecule has 0 bridgehead atoms. The van der Waals surface area contributed by atoms with E-state index in [0.717, 1.165) is 0 Å². The topological polar surface area (TPSA) is 190 Å². The van der Waals surface area contributed by atoms with E-state index in [1.807, 2.05) is 20.8 Å². The minimum Gasteiger partial charge on any atom is -0.480 e. The van der Waals surface area contributed by atoms with Crippen LogP contribution in [0.2, 0.25) is 0 Å². The van der Waals surface area contributed by atoms with Crippen molar-refractivity contribution in [2.45, 2.75) is 80.8 Å². The number of hydrogen-bond donors (Lipinski definition) is 8. The third-order valence-electron chi connectivity index (χ3n) is 3.07. The molecule has 0 aliphatic carbocycles. The summed E-state index contributed by atoms with van der Waals surface area (Å²) in [5.74, 6) is -2.49. The first-order valence-corrected chi connectivity index (χ1v) is 10.5. The molecule has 0 aliphatic rings. The number of carboxylic acids is 3. The molecule has 0 unspecified atom stereocenters.